The van der Waals surface area contributed by atoms with E-state index in [4.69, 9.17) is 9.84 Å². The minimum Gasteiger partial charge on any atom is -0.484 e. The van der Waals surface area contributed by atoms with Crippen LogP contribution in [0.25, 0.3) is 0 Å². The molecule has 0 radical (unpaired) electrons. The van der Waals surface area contributed by atoms with Gasteiger partial charge >= 0.3 is 5.97 Å². The third kappa shape index (κ3) is 6.43. The Hall–Kier alpha value is -1.29. The Morgan fingerprint density at radius 3 is 2.74 bits per heavy atom. The van der Waals surface area contributed by atoms with Gasteiger partial charge in [0.05, 0.1) is 6.61 Å². The van der Waals surface area contributed by atoms with Crippen molar-refractivity contribution < 1.29 is 14.6 Å². The summed E-state index contributed by atoms with van der Waals surface area (Å²) in [6.07, 6.45) is 5.54. The Labute approximate surface area is 118 Å². The van der Waals surface area contributed by atoms with Crippen molar-refractivity contribution in [3.63, 3.8) is 0 Å². The van der Waals surface area contributed by atoms with Gasteiger partial charge in [-0.05, 0) is 51.2 Å². The molecule has 0 saturated carbocycles. The van der Waals surface area contributed by atoms with E-state index in [9.17, 15) is 4.79 Å². The zero-order chi connectivity index (χ0) is 14.3. The Balaban J connectivity index is 2.22. The van der Waals surface area contributed by atoms with Crippen LogP contribution in [0.2, 0.25) is 0 Å². The smallest absolute Gasteiger partial charge is 0.345 e. The first-order valence-electron chi connectivity index (χ1n) is 6.58. The molecule has 1 aromatic rings. The van der Waals surface area contributed by atoms with Gasteiger partial charge in [-0.1, -0.05) is 29.9 Å². The van der Waals surface area contributed by atoms with Crippen LogP contribution in [0.4, 0.5) is 0 Å². The standard InChI is InChI=1S/C15H22O3S/c1-11(2)5-4-6-12(3)9-10-18-14-8-7-13(19-14)15(16)17/h5,7-8,12H,4,6,9-10H2,1-3H3,(H,16,17). The summed E-state index contributed by atoms with van der Waals surface area (Å²) in [6.45, 7) is 7.10. The van der Waals surface area contributed by atoms with Crippen LogP contribution in [0.15, 0.2) is 23.8 Å². The number of rotatable bonds is 8. The molecule has 4 heteroatoms. The molecule has 0 spiro atoms. The maximum Gasteiger partial charge on any atom is 0.345 e. The number of aromatic carboxylic acids is 1. The van der Waals surface area contributed by atoms with Gasteiger partial charge in [-0.25, -0.2) is 4.79 Å². The second kappa shape index (κ2) is 8.00. The number of allylic oxidation sites excluding steroid dienone is 2. The molecule has 0 saturated heterocycles. The van der Waals surface area contributed by atoms with Crippen LogP contribution in [0.3, 0.4) is 0 Å². The van der Waals surface area contributed by atoms with Crippen LogP contribution in [0.5, 0.6) is 5.06 Å². The first kappa shape index (κ1) is 15.8. The van der Waals surface area contributed by atoms with E-state index >= 15 is 0 Å². The number of thiophene rings is 1. The van der Waals surface area contributed by atoms with E-state index < -0.39 is 5.97 Å². The van der Waals surface area contributed by atoms with Crippen LogP contribution in [0, 0.1) is 5.92 Å². The molecule has 0 aliphatic heterocycles. The molecule has 3 nitrogen and oxygen atoms in total. The summed E-state index contributed by atoms with van der Waals surface area (Å²) in [5.41, 5.74) is 1.36. The summed E-state index contributed by atoms with van der Waals surface area (Å²) >= 11 is 1.18. The van der Waals surface area contributed by atoms with Crippen molar-refractivity contribution in [2.24, 2.45) is 5.92 Å². The van der Waals surface area contributed by atoms with E-state index in [0.29, 0.717) is 22.5 Å². The van der Waals surface area contributed by atoms with Gasteiger partial charge in [0.2, 0.25) is 0 Å². The molecule has 0 bridgehead atoms. The first-order valence-corrected chi connectivity index (χ1v) is 7.40. The minimum atomic E-state index is -0.894. The highest BCUT2D eigenvalue weighted by molar-refractivity contribution is 7.15. The molecular formula is C15H22O3S. The molecule has 1 heterocycles. The van der Waals surface area contributed by atoms with Gasteiger partial charge in [0, 0.05) is 0 Å². The SMILES string of the molecule is CC(C)=CCCC(C)CCOc1ccc(C(=O)O)s1. The number of ether oxygens (including phenoxy) is 1. The highest BCUT2D eigenvalue weighted by Crippen LogP contribution is 2.25. The second-order valence-corrected chi connectivity index (χ2v) is 6.07. The van der Waals surface area contributed by atoms with E-state index in [1.165, 1.54) is 23.3 Å². The maximum absolute atomic E-state index is 10.7. The van der Waals surface area contributed by atoms with Gasteiger partial charge in [0.1, 0.15) is 4.88 Å². The largest absolute Gasteiger partial charge is 0.484 e. The highest BCUT2D eigenvalue weighted by Gasteiger charge is 2.08. The van der Waals surface area contributed by atoms with E-state index in [2.05, 4.69) is 26.8 Å². The maximum atomic E-state index is 10.7. The summed E-state index contributed by atoms with van der Waals surface area (Å²) in [5.74, 6) is -0.274. The molecule has 19 heavy (non-hydrogen) atoms. The topological polar surface area (TPSA) is 46.5 Å². The predicted molar refractivity (Wildman–Crippen MR) is 79.2 cm³/mol. The molecule has 0 aliphatic rings. The lowest BCUT2D eigenvalue weighted by atomic mass is 10.0. The van der Waals surface area contributed by atoms with E-state index in [-0.39, 0.29) is 0 Å². The zero-order valence-corrected chi connectivity index (χ0v) is 12.6. The fraction of sp³-hybridized carbons (Fsp3) is 0.533. The highest BCUT2D eigenvalue weighted by atomic mass is 32.1. The predicted octanol–water partition coefficient (Wildman–Crippen LogP) is 4.60. The number of carbonyl (C=O) groups is 1. The molecule has 1 aromatic heterocycles. The molecule has 1 unspecified atom stereocenters. The number of hydrogen-bond donors (Lipinski definition) is 1. The van der Waals surface area contributed by atoms with Gasteiger partial charge in [-0.2, -0.15) is 0 Å². The van der Waals surface area contributed by atoms with Crippen LogP contribution < -0.4 is 4.74 Å². The Kier molecular flexibility index (Phi) is 6.64. The Morgan fingerprint density at radius 1 is 1.42 bits per heavy atom. The van der Waals surface area contributed by atoms with Crippen molar-refractivity contribution in [1.29, 1.82) is 0 Å². The molecule has 0 fully saturated rings. The van der Waals surface area contributed by atoms with Crippen molar-refractivity contribution in [2.75, 3.05) is 6.61 Å². The van der Waals surface area contributed by atoms with Crippen LogP contribution in [0.1, 0.15) is 49.7 Å². The average molecular weight is 282 g/mol. The summed E-state index contributed by atoms with van der Waals surface area (Å²) in [4.78, 5) is 11.0. The molecule has 1 rings (SSSR count). The van der Waals surface area contributed by atoms with Crippen LogP contribution >= 0.6 is 11.3 Å². The van der Waals surface area contributed by atoms with E-state index in [1.54, 1.807) is 12.1 Å². The molecule has 0 aliphatic carbocycles. The van der Waals surface area contributed by atoms with Crippen molar-refractivity contribution in [3.05, 3.63) is 28.7 Å². The van der Waals surface area contributed by atoms with Crippen molar-refractivity contribution in [1.82, 2.24) is 0 Å². The number of hydrogen-bond acceptors (Lipinski definition) is 3. The lowest BCUT2D eigenvalue weighted by molar-refractivity contribution is 0.0702. The molecule has 1 atom stereocenters. The van der Waals surface area contributed by atoms with E-state index in [1.807, 2.05) is 0 Å². The van der Waals surface area contributed by atoms with E-state index in [0.717, 1.165) is 12.8 Å². The molecule has 106 valence electrons. The van der Waals surface area contributed by atoms with Gasteiger partial charge in [0.25, 0.3) is 0 Å². The van der Waals surface area contributed by atoms with Crippen LogP contribution in [-0.4, -0.2) is 17.7 Å². The molecule has 0 amide bonds. The normalized spacial score (nSPS) is 11.9. The summed E-state index contributed by atoms with van der Waals surface area (Å²) in [6, 6.07) is 3.31. The van der Waals surface area contributed by atoms with Gasteiger partial charge in [-0.15, -0.1) is 0 Å². The summed E-state index contributed by atoms with van der Waals surface area (Å²) in [7, 11) is 0. The zero-order valence-electron chi connectivity index (χ0n) is 11.8. The summed E-state index contributed by atoms with van der Waals surface area (Å²) in [5, 5.41) is 9.49. The first-order chi connectivity index (χ1) is 8.99. The Morgan fingerprint density at radius 2 is 2.16 bits per heavy atom. The molecule has 0 aromatic carbocycles. The van der Waals surface area contributed by atoms with Crippen LogP contribution in [-0.2, 0) is 0 Å². The third-order valence-electron chi connectivity index (χ3n) is 2.86. The fourth-order valence-corrected chi connectivity index (χ4v) is 2.39. The van der Waals surface area contributed by atoms with Gasteiger partial charge in [-0.3, -0.25) is 0 Å². The lowest BCUT2D eigenvalue weighted by Crippen LogP contribution is -2.03. The van der Waals surface area contributed by atoms with Crippen molar-refractivity contribution >= 4 is 17.3 Å². The van der Waals surface area contributed by atoms with Gasteiger partial charge < -0.3 is 9.84 Å². The summed E-state index contributed by atoms with van der Waals surface area (Å²) < 4.78 is 5.57. The third-order valence-corrected chi connectivity index (χ3v) is 3.84. The molecule has 1 N–H and O–H groups in total. The number of carboxylic acid groups (broad SMARTS) is 1. The second-order valence-electron chi connectivity index (χ2n) is 5.02. The quantitative estimate of drug-likeness (QED) is 0.709. The fourth-order valence-electron chi connectivity index (χ4n) is 1.67. The van der Waals surface area contributed by atoms with Crippen molar-refractivity contribution in [2.45, 2.75) is 40.0 Å². The van der Waals surface area contributed by atoms with Crippen molar-refractivity contribution in [3.8, 4) is 5.06 Å². The monoisotopic (exact) mass is 282 g/mol. The average Bonchev–Trinajstić information content (AvgIpc) is 2.77. The van der Waals surface area contributed by atoms with Gasteiger partial charge in [0.15, 0.2) is 5.06 Å². The Bertz CT molecular complexity index is 430. The number of carboxylic acids is 1. The minimum absolute atomic E-state index is 0.326. The lowest BCUT2D eigenvalue weighted by Gasteiger charge is -2.10. The molecular weight excluding hydrogens is 260 g/mol.